The van der Waals surface area contributed by atoms with E-state index in [2.05, 4.69) is 10.3 Å². The van der Waals surface area contributed by atoms with Crippen LogP contribution in [-0.4, -0.2) is 42.9 Å². The van der Waals surface area contributed by atoms with Gasteiger partial charge in [0.05, 0.1) is 4.87 Å². The molecule has 0 aliphatic carbocycles. The minimum Gasteiger partial charge on any atom is -0.315 e. The van der Waals surface area contributed by atoms with Crippen molar-refractivity contribution < 1.29 is 9.59 Å². The number of imidazole rings is 1. The normalized spacial score (nSPS) is 25.8. The summed E-state index contributed by atoms with van der Waals surface area (Å²) >= 11 is 1.69. The van der Waals surface area contributed by atoms with Crippen LogP contribution in [0, 0.1) is 0 Å². The lowest BCUT2D eigenvalue weighted by Gasteiger charge is -2.29. The molecule has 2 atom stereocenters. The molecule has 0 radical (unpaired) electrons. The first-order valence-corrected chi connectivity index (χ1v) is 8.93. The predicted molar refractivity (Wildman–Crippen MR) is 92.9 cm³/mol. The SMILES string of the molecule is C[C@@]12CCC(=O)N1[C@H](C(=O)Nc1nccn1-c1ccccc1)CS2. The number of hydrogen-bond acceptors (Lipinski definition) is 4. The van der Waals surface area contributed by atoms with Gasteiger partial charge in [0.1, 0.15) is 6.04 Å². The Morgan fingerprint density at radius 2 is 2.17 bits per heavy atom. The number of nitrogens with one attached hydrogen (secondary N) is 1. The highest BCUT2D eigenvalue weighted by Gasteiger charge is 2.53. The Labute approximate surface area is 144 Å². The van der Waals surface area contributed by atoms with Crippen molar-refractivity contribution in [2.24, 2.45) is 0 Å². The fourth-order valence-electron chi connectivity index (χ4n) is 3.40. The van der Waals surface area contributed by atoms with Crippen LogP contribution in [0.1, 0.15) is 19.8 Å². The average molecular weight is 342 g/mol. The number of anilines is 1. The first-order chi connectivity index (χ1) is 11.6. The van der Waals surface area contributed by atoms with Crippen molar-refractivity contribution in [2.75, 3.05) is 11.1 Å². The quantitative estimate of drug-likeness (QED) is 0.929. The molecule has 2 aliphatic rings. The van der Waals surface area contributed by atoms with E-state index in [-0.39, 0.29) is 16.7 Å². The summed E-state index contributed by atoms with van der Waals surface area (Å²) < 4.78 is 1.82. The molecule has 1 aromatic heterocycles. The minimum absolute atomic E-state index is 0.0639. The van der Waals surface area contributed by atoms with E-state index in [9.17, 15) is 9.59 Å². The van der Waals surface area contributed by atoms with Crippen LogP contribution in [0.25, 0.3) is 5.69 Å². The second-order valence-corrected chi connectivity index (χ2v) is 7.71. The third-order valence-electron chi connectivity index (χ3n) is 4.66. The number of thioether (sulfide) groups is 1. The number of nitrogens with zero attached hydrogens (tertiary/aromatic N) is 3. The first kappa shape index (κ1) is 15.3. The van der Waals surface area contributed by atoms with Crippen LogP contribution in [0.15, 0.2) is 42.7 Å². The lowest BCUT2D eigenvalue weighted by atomic mass is 10.2. The standard InChI is InChI=1S/C17H18N4O2S/c1-17-8-7-14(22)21(17)13(11-24-17)15(23)19-16-18-9-10-20(16)12-5-3-2-4-6-12/h2-6,9-10,13H,7-8,11H2,1H3,(H,18,19,23)/t13-,17+/m0/s1. The summed E-state index contributed by atoms with van der Waals surface area (Å²) in [4.78, 5) is 30.7. The van der Waals surface area contributed by atoms with Crippen LogP contribution >= 0.6 is 11.8 Å². The lowest BCUT2D eigenvalue weighted by molar-refractivity contribution is -0.135. The minimum atomic E-state index is -0.434. The van der Waals surface area contributed by atoms with E-state index in [1.165, 1.54) is 0 Å². The average Bonchev–Trinajstić information content (AvgIpc) is 3.25. The number of aromatic nitrogens is 2. The molecule has 124 valence electrons. The maximum atomic E-state index is 12.8. The highest BCUT2D eigenvalue weighted by Crippen LogP contribution is 2.47. The molecule has 2 aliphatic heterocycles. The van der Waals surface area contributed by atoms with Crippen molar-refractivity contribution >= 4 is 29.5 Å². The largest absolute Gasteiger partial charge is 0.315 e. The van der Waals surface area contributed by atoms with Crippen molar-refractivity contribution in [3.63, 3.8) is 0 Å². The van der Waals surface area contributed by atoms with Crippen molar-refractivity contribution in [3.05, 3.63) is 42.7 Å². The molecular weight excluding hydrogens is 324 g/mol. The number of carbonyl (C=O) groups is 2. The molecule has 1 N–H and O–H groups in total. The Hall–Kier alpha value is -2.28. The molecule has 1 aromatic carbocycles. The zero-order valence-electron chi connectivity index (χ0n) is 13.3. The third-order valence-corrected chi connectivity index (χ3v) is 6.16. The predicted octanol–water partition coefficient (Wildman–Crippen LogP) is 2.26. The first-order valence-electron chi connectivity index (χ1n) is 7.94. The van der Waals surface area contributed by atoms with Gasteiger partial charge in [0.2, 0.25) is 17.8 Å². The summed E-state index contributed by atoms with van der Waals surface area (Å²) in [7, 11) is 0. The molecule has 4 rings (SSSR count). The molecule has 2 saturated heterocycles. The van der Waals surface area contributed by atoms with Gasteiger partial charge in [-0.25, -0.2) is 4.98 Å². The molecule has 2 amide bonds. The second-order valence-electron chi connectivity index (χ2n) is 6.21. The van der Waals surface area contributed by atoms with Gasteiger partial charge in [-0.1, -0.05) is 18.2 Å². The molecule has 7 heteroatoms. The number of fused-ring (bicyclic) bond motifs is 1. The van der Waals surface area contributed by atoms with Gasteiger partial charge >= 0.3 is 0 Å². The molecule has 0 spiro atoms. The van der Waals surface area contributed by atoms with Gasteiger partial charge in [-0.3, -0.25) is 19.5 Å². The van der Waals surface area contributed by atoms with Crippen LogP contribution in [0.4, 0.5) is 5.95 Å². The third kappa shape index (κ3) is 2.39. The van der Waals surface area contributed by atoms with Crippen LogP contribution < -0.4 is 5.32 Å². The van der Waals surface area contributed by atoms with Crippen molar-refractivity contribution in [3.8, 4) is 5.69 Å². The maximum absolute atomic E-state index is 12.8. The number of amides is 2. The molecule has 0 unspecified atom stereocenters. The molecule has 0 saturated carbocycles. The maximum Gasteiger partial charge on any atom is 0.250 e. The van der Waals surface area contributed by atoms with Crippen LogP contribution in [0.2, 0.25) is 0 Å². The van der Waals surface area contributed by atoms with E-state index in [1.54, 1.807) is 29.1 Å². The summed E-state index contributed by atoms with van der Waals surface area (Å²) in [5, 5.41) is 2.89. The topological polar surface area (TPSA) is 67.2 Å². The zero-order chi connectivity index (χ0) is 16.7. The second kappa shape index (κ2) is 5.66. The number of carbonyl (C=O) groups excluding carboxylic acids is 2. The number of benzene rings is 1. The summed E-state index contributed by atoms with van der Waals surface area (Å²) in [6.45, 7) is 2.04. The Balaban J connectivity index is 1.56. The number of hydrogen-bond donors (Lipinski definition) is 1. The number of para-hydroxylation sites is 1. The smallest absolute Gasteiger partial charge is 0.250 e. The summed E-state index contributed by atoms with van der Waals surface area (Å²) in [5.74, 6) is 0.982. The van der Waals surface area contributed by atoms with Gasteiger partial charge in [0, 0.05) is 30.3 Å². The van der Waals surface area contributed by atoms with E-state index in [1.807, 2.05) is 41.8 Å². The Morgan fingerprint density at radius 3 is 2.96 bits per heavy atom. The summed E-state index contributed by atoms with van der Waals surface area (Å²) in [6, 6.07) is 9.27. The molecule has 2 aromatic rings. The van der Waals surface area contributed by atoms with Gasteiger partial charge < -0.3 is 4.90 Å². The molecule has 0 bridgehead atoms. The van der Waals surface area contributed by atoms with Gasteiger partial charge in [0.15, 0.2) is 0 Å². The van der Waals surface area contributed by atoms with Gasteiger partial charge in [-0.05, 0) is 25.5 Å². The van der Waals surface area contributed by atoms with Crippen molar-refractivity contribution in [1.29, 1.82) is 0 Å². The van der Waals surface area contributed by atoms with Crippen LogP contribution in [0.3, 0.4) is 0 Å². The Bertz CT molecular complexity index is 791. The van der Waals surface area contributed by atoms with Crippen LogP contribution in [-0.2, 0) is 9.59 Å². The molecule has 3 heterocycles. The molecule has 6 nitrogen and oxygen atoms in total. The van der Waals surface area contributed by atoms with Gasteiger partial charge in [0.25, 0.3) is 0 Å². The van der Waals surface area contributed by atoms with E-state index >= 15 is 0 Å². The van der Waals surface area contributed by atoms with E-state index in [0.29, 0.717) is 18.1 Å². The molecule has 24 heavy (non-hydrogen) atoms. The van der Waals surface area contributed by atoms with E-state index < -0.39 is 6.04 Å². The van der Waals surface area contributed by atoms with Gasteiger partial charge in [-0.15, -0.1) is 11.8 Å². The molecule has 2 fully saturated rings. The lowest BCUT2D eigenvalue weighted by Crippen LogP contribution is -2.48. The zero-order valence-corrected chi connectivity index (χ0v) is 14.1. The monoisotopic (exact) mass is 342 g/mol. The van der Waals surface area contributed by atoms with Crippen molar-refractivity contribution in [1.82, 2.24) is 14.5 Å². The molecular formula is C17H18N4O2S. The van der Waals surface area contributed by atoms with E-state index in [4.69, 9.17) is 0 Å². The fraction of sp³-hybridized carbons (Fsp3) is 0.353. The van der Waals surface area contributed by atoms with Gasteiger partial charge in [-0.2, -0.15) is 0 Å². The Kier molecular flexibility index (Phi) is 3.60. The summed E-state index contributed by atoms with van der Waals surface area (Å²) in [6.07, 6.45) is 4.78. The van der Waals surface area contributed by atoms with Crippen molar-refractivity contribution in [2.45, 2.75) is 30.7 Å². The fourth-order valence-corrected chi connectivity index (χ4v) is 4.83. The Morgan fingerprint density at radius 1 is 1.38 bits per heavy atom. The van der Waals surface area contributed by atoms with E-state index in [0.717, 1.165) is 12.1 Å². The highest BCUT2D eigenvalue weighted by molar-refractivity contribution is 8.01. The summed E-state index contributed by atoms with van der Waals surface area (Å²) in [5.41, 5.74) is 0.924. The highest BCUT2D eigenvalue weighted by atomic mass is 32.2. The number of rotatable bonds is 3. The van der Waals surface area contributed by atoms with Crippen LogP contribution in [0.5, 0.6) is 0 Å².